The van der Waals surface area contributed by atoms with Gasteiger partial charge in [0.25, 0.3) is 0 Å². The molecule has 0 aliphatic carbocycles. The molecular formula is C5H8N2V12-2. The normalized spacial score (nSPS) is 5.21. The summed E-state index contributed by atoms with van der Waals surface area (Å²) in [6.07, 6.45) is 0. The minimum atomic E-state index is 0. The van der Waals surface area contributed by atoms with Gasteiger partial charge in [-0.2, -0.15) is 0 Å². The number of hydrogen-bond acceptors (Lipinski definition) is 0. The van der Waals surface area contributed by atoms with Crippen molar-refractivity contribution in [3.63, 3.8) is 0 Å². The van der Waals surface area contributed by atoms with E-state index in [2.05, 4.69) is 51.6 Å². The number of hydrogen-bond donors (Lipinski definition) is 0. The van der Waals surface area contributed by atoms with Crippen molar-refractivity contribution in [2.24, 2.45) is 0 Å². The summed E-state index contributed by atoms with van der Waals surface area (Å²) in [5, 5.41) is 3.66. The second kappa shape index (κ2) is 64.6. The van der Waals surface area contributed by atoms with Crippen LogP contribution in [0.3, 0.4) is 0 Å². The molecule has 19 heavy (non-hydrogen) atoms. The van der Waals surface area contributed by atoms with Crippen molar-refractivity contribution < 1.29 is 213 Å². The molecule has 0 atom stereocenters. The van der Waals surface area contributed by atoms with Crippen LogP contribution in [0.25, 0.3) is 11.1 Å². The van der Waals surface area contributed by atoms with Crippen LogP contribution in [-0.2, 0) is 213 Å². The minimum absolute atomic E-state index is 0. The van der Waals surface area contributed by atoms with Gasteiger partial charge in [0.1, 0.15) is 0 Å². The zero-order chi connectivity index (χ0) is 8.57. The average Bonchev–Trinajstić information content (AvgIpc) is 2.05. The van der Waals surface area contributed by atoms with Crippen LogP contribution < -0.4 is 0 Å². The van der Waals surface area contributed by atoms with Gasteiger partial charge in [0.15, 0.2) is 0 Å². The van der Waals surface area contributed by atoms with E-state index in [9.17, 15) is 0 Å². The Hall–Kier alpha value is 6.22. The topological polar surface area (TPSA) is 37.9 Å². The molecule has 0 aromatic rings. The summed E-state index contributed by atoms with van der Waals surface area (Å²) in [5.41, 5.74) is 7.99. The predicted molar refractivity (Wildman–Crippen MR) is 32.4 cm³/mol. The monoisotopic (exact) mass is 707 g/mol. The molecule has 0 aliphatic rings. The Labute approximate surface area is 249 Å². The average molecular weight is 707 g/mol. The maximum atomic E-state index is 7.10. The first-order valence-corrected chi connectivity index (χ1v) is 6.42. The summed E-state index contributed by atoms with van der Waals surface area (Å²) in [6.45, 7) is 1.85. The summed E-state index contributed by atoms with van der Waals surface area (Å²) in [5.74, 6) is 0.352. The first-order valence-electron chi connectivity index (χ1n) is 2.42. The van der Waals surface area contributed by atoms with E-state index >= 15 is 0 Å². The molecule has 0 aliphatic heterocycles. The zero-order valence-corrected chi connectivity index (χ0v) is 26.7. The van der Waals surface area contributed by atoms with Crippen LogP contribution in [-0.4, -0.2) is 11.8 Å². The molecule has 0 spiro atoms. The molecule has 0 fully saturated rings. The molecule has 14 heteroatoms. The first kappa shape index (κ1) is 73.2. The van der Waals surface area contributed by atoms with Gasteiger partial charge in [-0.1, -0.05) is 0 Å². The van der Waals surface area contributed by atoms with Gasteiger partial charge in [-0.15, -0.1) is 0 Å². The van der Waals surface area contributed by atoms with Gasteiger partial charge in [-0.05, 0) is 0 Å². The SMILES string of the molecule is C[N-]/C([NH-])=C(\C)[CH]=[V].[V].[V].[V].[V].[V].[V].[V].[V].[V].[V]=[V]. The van der Waals surface area contributed by atoms with Gasteiger partial charge in [0.2, 0.25) is 0 Å². The van der Waals surface area contributed by atoms with E-state index in [0.29, 0.717) is 5.82 Å². The van der Waals surface area contributed by atoms with Gasteiger partial charge >= 0.3 is 87.4 Å². The summed E-state index contributed by atoms with van der Waals surface area (Å²) in [4.78, 5) is 0. The van der Waals surface area contributed by atoms with Crippen LogP contribution >= 0.6 is 0 Å². The Balaban J connectivity index is -0.00000000618. The maximum absolute atomic E-state index is 7.10. The van der Waals surface area contributed by atoms with E-state index in [1.165, 1.54) is 0 Å². The van der Waals surface area contributed by atoms with Crippen molar-refractivity contribution in [3.05, 3.63) is 22.4 Å². The van der Waals surface area contributed by atoms with Crippen LogP contribution in [0.2, 0.25) is 0 Å². The first-order chi connectivity index (χ1) is 4.72. The third kappa shape index (κ3) is 59.1. The molecule has 0 heterocycles. The van der Waals surface area contributed by atoms with Gasteiger partial charge in [-0.3, -0.25) is 0 Å². The molecule has 0 unspecified atom stereocenters. The van der Waals surface area contributed by atoms with E-state index in [-0.39, 0.29) is 167 Å². The Morgan fingerprint density at radius 3 is 1.11 bits per heavy atom. The molecule has 100 valence electrons. The molecule has 0 bridgehead atoms. The Morgan fingerprint density at radius 2 is 1.05 bits per heavy atom. The molecular weight excluding hydrogens is 699 g/mol. The van der Waals surface area contributed by atoms with E-state index in [1.807, 2.05) is 11.7 Å². The van der Waals surface area contributed by atoms with Crippen molar-refractivity contribution in [2.45, 2.75) is 6.92 Å². The predicted octanol–water partition coefficient (Wildman–Crippen LogP) is 1.60. The van der Waals surface area contributed by atoms with E-state index in [4.69, 9.17) is 5.73 Å². The van der Waals surface area contributed by atoms with Crippen LogP contribution in [0.1, 0.15) is 6.92 Å². The third-order valence-electron chi connectivity index (χ3n) is 0.791. The van der Waals surface area contributed by atoms with Gasteiger partial charge in [0, 0.05) is 167 Å². The molecule has 9 radical (unpaired) electrons. The number of rotatable bonds is 2. The third-order valence-corrected chi connectivity index (χ3v) is 1.40. The van der Waals surface area contributed by atoms with Crippen LogP contribution in [0.4, 0.5) is 0 Å². The number of nitrogens with zero attached hydrogens (tertiary/aromatic N) is 1. The van der Waals surface area contributed by atoms with Gasteiger partial charge < -0.3 is 0 Å². The van der Waals surface area contributed by atoms with Gasteiger partial charge in [-0.25, -0.2) is 0 Å². The second-order valence-corrected chi connectivity index (χ2v) is 1.79. The van der Waals surface area contributed by atoms with E-state index in [0.717, 1.165) is 5.57 Å². The van der Waals surface area contributed by atoms with Crippen molar-refractivity contribution in [3.8, 4) is 0 Å². The standard InChI is InChI=1S/C5H8N2.12V/c1-4(2)5(6)7-3;;;;;;;;;;;;/h1,6H,2-3H3;;;;;;;;;;;;/q-2;;;;;;;;;;;;/b5-4-;;;;;;;;;;;;. The number of allylic oxidation sites excluding steroid dienone is 1. The Bertz CT molecular complexity index is 142. The number of nitrogens with one attached hydrogen (secondary N) is 1. The fraction of sp³-hybridized carbons (Fsp3) is 0.400. The molecule has 0 aromatic heterocycles. The Morgan fingerprint density at radius 1 is 0.842 bits per heavy atom. The molecule has 0 aromatic carbocycles. The fourth-order valence-corrected chi connectivity index (χ4v) is 0.428. The van der Waals surface area contributed by atoms with E-state index < -0.39 is 0 Å². The Kier molecular flexibility index (Phi) is 249. The van der Waals surface area contributed by atoms with Crippen molar-refractivity contribution in [1.82, 2.24) is 0 Å². The molecule has 0 saturated heterocycles. The van der Waals surface area contributed by atoms with Crippen molar-refractivity contribution in [2.75, 3.05) is 7.05 Å². The summed E-state index contributed by atoms with van der Waals surface area (Å²) < 4.78 is 1.81. The molecule has 2 nitrogen and oxygen atoms in total. The molecule has 0 saturated carbocycles. The fourth-order valence-electron chi connectivity index (χ4n) is 0.237. The van der Waals surface area contributed by atoms with Crippen molar-refractivity contribution in [1.29, 1.82) is 0 Å². The quantitative estimate of drug-likeness (QED) is 0.419. The molecule has 0 amide bonds. The molecule has 0 rings (SSSR count). The molecule has 1 N–H and O–H groups in total. The van der Waals surface area contributed by atoms with Crippen LogP contribution in [0, 0.1) is 0 Å². The van der Waals surface area contributed by atoms with E-state index in [1.54, 1.807) is 7.05 Å². The summed E-state index contributed by atoms with van der Waals surface area (Å²) in [7, 11) is 1.61. The second-order valence-electron chi connectivity index (χ2n) is 1.38. The van der Waals surface area contributed by atoms with Crippen LogP contribution in [0.5, 0.6) is 0 Å². The van der Waals surface area contributed by atoms with Gasteiger partial charge in [0.05, 0.1) is 0 Å². The zero-order valence-electron chi connectivity index (χ0n) is 9.89. The van der Waals surface area contributed by atoms with Crippen LogP contribution in [0.15, 0.2) is 11.4 Å². The van der Waals surface area contributed by atoms with Crippen molar-refractivity contribution >= 4 is 4.73 Å². The summed E-state index contributed by atoms with van der Waals surface area (Å²) in [6, 6.07) is 0. The summed E-state index contributed by atoms with van der Waals surface area (Å²) >= 11 is 6.80.